The second-order valence-corrected chi connectivity index (χ2v) is 6.34. The molecule has 0 spiro atoms. The third-order valence-electron chi connectivity index (χ3n) is 3.47. The molecule has 4 nitrogen and oxygen atoms in total. The molecular formula is C19H23ClN2O2. The molecule has 128 valence electrons. The van der Waals surface area contributed by atoms with E-state index >= 15 is 0 Å². The average molecular weight is 347 g/mol. The summed E-state index contributed by atoms with van der Waals surface area (Å²) in [6.45, 7) is 4.96. The van der Waals surface area contributed by atoms with Crippen LogP contribution in [0.1, 0.15) is 25.0 Å². The van der Waals surface area contributed by atoms with Crippen molar-refractivity contribution in [2.75, 3.05) is 12.4 Å². The topological polar surface area (TPSA) is 41.6 Å². The summed E-state index contributed by atoms with van der Waals surface area (Å²) in [6, 6.07) is 15.0. The first kappa shape index (κ1) is 18.3. The molecule has 0 saturated heterocycles. The Hall–Kier alpha value is -2.04. The molecule has 5 heteroatoms. The molecule has 0 aliphatic carbocycles. The van der Waals surface area contributed by atoms with Gasteiger partial charge in [0.05, 0.1) is 12.7 Å². The smallest absolute Gasteiger partial charge is 0.321 e. The summed E-state index contributed by atoms with van der Waals surface area (Å²) in [7, 11) is 1.74. The number of hydrogen-bond acceptors (Lipinski definition) is 2. The maximum absolute atomic E-state index is 12.3. The van der Waals surface area contributed by atoms with E-state index in [-0.39, 0.29) is 12.1 Å². The number of anilines is 1. The van der Waals surface area contributed by atoms with Crippen LogP contribution in [-0.4, -0.2) is 24.1 Å². The molecule has 0 aliphatic heterocycles. The van der Waals surface area contributed by atoms with Gasteiger partial charge in [-0.05, 0) is 43.2 Å². The van der Waals surface area contributed by atoms with Gasteiger partial charge in [-0.3, -0.25) is 0 Å². The van der Waals surface area contributed by atoms with Crippen molar-refractivity contribution < 1.29 is 9.53 Å². The van der Waals surface area contributed by atoms with E-state index < -0.39 is 0 Å². The Morgan fingerprint density at radius 3 is 2.67 bits per heavy atom. The predicted octanol–water partition coefficient (Wildman–Crippen LogP) is 4.93. The quantitative estimate of drug-likeness (QED) is 0.805. The molecule has 0 atom stereocenters. The molecule has 0 fully saturated rings. The minimum Gasteiger partial charge on any atom is -0.374 e. The van der Waals surface area contributed by atoms with E-state index in [1.54, 1.807) is 11.9 Å². The summed E-state index contributed by atoms with van der Waals surface area (Å²) in [6.07, 6.45) is 0.171. The number of urea groups is 1. The number of carbonyl (C=O) groups is 1. The number of amides is 2. The summed E-state index contributed by atoms with van der Waals surface area (Å²) in [4.78, 5) is 13.9. The second kappa shape index (κ2) is 8.71. The minimum atomic E-state index is -0.183. The van der Waals surface area contributed by atoms with E-state index in [1.165, 1.54) is 0 Å². The normalized spacial score (nSPS) is 10.7. The fraction of sp³-hybridized carbons (Fsp3) is 0.316. The van der Waals surface area contributed by atoms with Gasteiger partial charge >= 0.3 is 6.03 Å². The summed E-state index contributed by atoms with van der Waals surface area (Å²) >= 11 is 6.14. The standard InChI is InChI=1S/C19H23ClN2O2/c1-14(2)24-13-15-7-6-9-17(11-15)21-19(23)22(3)12-16-8-4-5-10-18(16)20/h4-11,14H,12-13H2,1-3H3,(H,21,23). The van der Waals surface area contributed by atoms with Gasteiger partial charge in [-0.1, -0.05) is 41.9 Å². The summed E-state index contributed by atoms with van der Waals surface area (Å²) in [5.74, 6) is 0. The Bertz CT molecular complexity index is 689. The Morgan fingerprint density at radius 2 is 1.96 bits per heavy atom. The number of ether oxygens (including phenoxy) is 1. The first-order chi connectivity index (χ1) is 11.5. The lowest BCUT2D eigenvalue weighted by Gasteiger charge is -2.19. The van der Waals surface area contributed by atoms with Crippen LogP contribution in [0.3, 0.4) is 0 Å². The maximum atomic E-state index is 12.3. The molecule has 2 rings (SSSR count). The molecule has 2 amide bonds. The molecule has 0 aliphatic rings. The van der Waals surface area contributed by atoms with Gasteiger partial charge in [0.2, 0.25) is 0 Å². The predicted molar refractivity (Wildman–Crippen MR) is 98.3 cm³/mol. The van der Waals surface area contributed by atoms with Gasteiger partial charge in [-0.25, -0.2) is 4.79 Å². The molecule has 0 radical (unpaired) electrons. The van der Waals surface area contributed by atoms with E-state index in [0.717, 1.165) is 16.8 Å². The van der Waals surface area contributed by atoms with Crippen molar-refractivity contribution in [1.82, 2.24) is 4.90 Å². The van der Waals surface area contributed by atoms with Crippen LogP contribution in [-0.2, 0) is 17.9 Å². The number of nitrogens with zero attached hydrogens (tertiary/aromatic N) is 1. The van der Waals surface area contributed by atoms with Crippen molar-refractivity contribution in [3.63, 3.8) is 0 Å². The zero-order valence-electron chi connectivity index (χ0n) is 14.3. The van der Waals surface area contributed by atoms with Crippen molar-refractivity contribution in [2.24, 2.45) is 0 Å². The van der Waals surface area contributed by atoms with Crippen molar-refractivity contribution in [3.05, 3.63) is 64.7 Å². The van der Waals surface area contributed by atoms with Gasteiger partial charge in [-0.15, -0.1) is 0 Å². The molecular weight excluding hydrogens is 324 g/mol. The van der Waals surface area contributed by atoms with Gasteiger partial charge in [0.15, 0.2) is 0 Å². The molecule has 2 aromatic rings. The SMILES string of the molecule is CC(C)OCc1cccc(NC(=O)N(C)Cc2ccccc2Cl)c1. The Balaban J connectivity index is 1.96. The molecule has 2 aromatic carbocycles. The summed E-state index contributed by atoms with van der Waals surface area (Å²) in [5.41, 5.74) is 2.68. The van der Waals surface area contributed by atoms with Crippen molar-refractivity contribution in [1.29, 1.82) is 0 Å². The number of rotatable bonds is 6. The lowest BCUT2D eigenvalue weighted by molar-refractivity contribution is 0.0657. The minimum absolute atomic E-state index is 0.171. The average Bonchev–Trinajstić information content (AvgIpc) is 2.55. The highest BCUT2D eigenvalue weighted by Crippen LogP contribution is 2.17. The Kier molecular flexibility index (Phi) is 6.64. The van der Waals surface area contributed by atoms with Crippen LogP contribution >= 0.6 is 11.6 Å². The highest BCUT2D eigenvalue weighted by Gasteiger charge is 2.11. The van der Waals surface area contributed by atoms with E-state index in [0.29, 0.717) is 18.2 Å². The first-order valence-electron chi connectivity index (χ1n) is 7.92. The van der Waals surface area contributed by atoms with E-state index in [4.69, 9.17) is 16.3 Å². The summed E-state index contributed by atoms with van der Waals surface area (Å²) in [5, 5.41) is 3.56. The number of benzene rings is 2. The monoisotopic (exact) mass is 346 g/mol. The Labute approximate surface area is 148 Å². The number of carbonyl (C=O) groups excluding carboxylic acids is 1. The second-order valence-electron chi connectivity index (χ2n) is 5.94. The fourth-order valence-corrected chi connectivity index (χ4v) is 2.37. The molecule has 1 N–H and O–H groups in total. The van der Waals surface area contributed by atoms with Gasteiger partial charge < -0.3 is 15.0 Å². The number of nitrogens with one attached hydrogen (secondary N) is 1. The van der Waals surface area contributed by atoms with Crippen LogP contribution in [0.4, 0.5) is 10.5 Å². The van der Waals surface area contributed by atoms with E-state index in [1.807, 2.05) is 62.4 Å². The Morgan fingerprint density at radius 1 is 1.21 bits per heavy atom. The largest absolute Gasteiger partial charge is 0.374 e. The maximum Gasteiger partial charge on any atom is 0.321 e. The third-order valence-corrected chi connectivity index (χ3v) is 3.84. The molecule has 0 saturated carbocycles. The van der Waals surface area contributed by atoms with Crippen molar-refractivity contribution >= 4 is 23.3 Å². The highest BCUT2D eigenvalue weighted by molar-refractivity contribution is 6.31. The highest BCUT2D eigenvalue weighted by atomic mass is 35.5. The number of hydrogen-bond donors (Lipinski definition) is 1. The van der Waals surface area contributed by atoms with Gasteiger partial charge in [0, 0.05) is 24.3 Å². The number of halogens is 1. The van der Waals surface area contributed by atoms with Gasteiger partial charge in [0.1, 0.15) is 0 Å². The van der Waals surface area contributed by atoms with Crippen LogP contribution in [0.5, 0.6) is 0 Å². The zero-order chi connectivity index (χ0) is 17.5. The van der Waals surface area contributed by atoms with E-state index in [2.05, 4.69) is 5.32 Å². The molecule has 0 aromatic heterocycles. The lowest BCUT2D eigenvalue weighted by atomic mass is 10.2. The van der Waals surface area contributed by atoms with Crippen LogP contribution in [0.25, 0.3) is 0 Å². The lowest BCUT2D eigenvalue weighted by Crippen LogP contribution is -2.30. The fourth-order valence-electron chi connectivity index (χ4n) is 2.17. The summed E-state index contributed by atoms with van der Waals surface area (Å²) < 4.78 is 5.59. The van der Waals surface area contributed by atoms with E-state index in [9.17, 15) is 4.79 Å². The van der Waals surface area contributed by atoms with Crippen LogP contribution in [0.2, 0.25) is 5.02 Å². The van der Waals surface area contributed by atoms with Gasteiger partial charge in [0.25, 0.3) is 0 Å². The van der Waals surface area contributed by atoms with Crippen LogP contribution in [0.15, 0.2) is 48.5 Å². The van der Waals surface area contributed by atoms with Crippen molar-refractivity contribution in [2.45, 2.75) is 33.1 Å². The van der Waals surface area contributed by atoms with Crippen LogP contribution < -0.4 is 5.32 Å². The zero-order valence-corrected chi connectivity index (χ0v) is 15.0. The molecule has 0 bridgehead atoms. The molecule has 24 heavy (non-hydrogen) atoms. The van der Waals surface area contributed by atoms with Crippen LogP contribution in [0, 0.1) is 0 Å². The van der Waals surface area contributed by atoms with Gasteiger partial charge in [-0.2, -0.15) is 0 Å². The first-order valence-corrected chi connectivity index (χ1v) is 8.29. The molecule has 0 unspecified atom stereocenters. The van der Waals surface area contributed by atoms with Crippen molar-refractivity contribution in [3.8, 4) is 0 Å². The molecule has 0 heterocycles. The third kappa shape index (κ3) is 5.55.